The van der Waals surface area contributed by atoms with Crippen molar-refractivity contribution in [1.29, 1.82) is 0 Å². The zero-order chi connectivity index (χ0) is 17.4. The summed E-state index contributed by atoms with van der Waals surface area (Å²) >= 11 is 1.74. The number of nitrogens with one attached hydrogen (secondary N) is 1. The Morgan fingerprint density at radius 3 is 2.50 bits per heavy atom. The van der Waals surface area contributed by atoms with Crippen LogP contribution in [0.25, 0.3) is 0 Å². The largest absolute Gasteiger partial charge is 0.355 e. The van der Waals surface area contributed by atoms with E-state index in [4.69, 9.17) is 0 Å². The summed E-state index contributed by atoms with van der Waals surface area (Å²) in [6.45, 7) is 3.98. The Hall–Kier alpha value is -1.78. The molecule has 0 radical (unpaired) electrons. The van der Waals surface area contributed by atoms with E-state index in [-0.39, 0.29) is 5.91 Å². The van der Waals surface area contributed by atoms with Crippen LogP contribution in [0.1, 0.15) is 16.7 Å². The second-order valence-electron chi connectivity index (χ2n) is 6.05. The van der Waals surface area contributed by atoms with E-state index >= 15 is 0 Å². The lowest BCUT2D eigenvalue weighted by Crippen LogP contribution is -2.35. The van der Waals surface area contributed by atoms with Crippen LogP contribution in [0.3, 0.4) is 0 Å². The van der Waals surface area contributed by atoms with Crippen LogP contribution in [0.5, 0.6) is 0 Å². The zero-order valence-corrected chi connectivity index (χ0v) is 15.5. The van der Waals surface area contributed by atoms with Gasteiger partial charge in [-0.2, -0.15) is 0 Å². The average molecular weight is 343 g/mol. The number of carbonyl (C=O) groups excluding carboxylic acids is 1. The lowest BCUT2D eigenvalue weighted by atomic mass is 10.1. The zero-order valence-electron chi connectivity index (χ0n) is 14.7. The molecule has 0 aliphatic rings. The van der Waals surface area contributed by atoms with Gasteiger partial charge < -0.3 is 5.32 Å². The first-order valence-electron chi connectivity index (χ1n) is 8.21. The summed E-state index contributed by atoms with van der Waals surface area (Å²) in [7, 11) is 1.98. The highest BCUT2D eigenvalue weighted by Crippen LogP contribution is 2.15. The molecule has 0 bridgehead atoms. The summed E-state index contributed by atoms with van der Waals surface area (Å²) in [6, 6.07) is 16.8. The van der Waals surface area contributed by atoms with Crippen LogP contribution >= 0.6 is 11.8 Å². The van der Waals surface area contributed by atoms with Gasteiger partial charge in [-0.1, -0.05) is 36.4 Å². The Morgan fingerprint density at radius 1 is 1.12 bits per heavy atom. The second kappa shape index (κ2) is 9.50. The molecule has 0 unspecified atom stereocenters. The van der Waals surface area contributed by atoms with E-state index in [2.05, 4.69) is 54.9 Å². The summed E-state index contributed by atoms with van der Waals surface area (Å²) < 4.78 is 0. The van der Waals surface area contributed by atoms with Gasteiger partial charge in [-0.3, -0.25) is 9.69 Å². The number of hydrogen-bond donors (Lipinski definition) is 1. The van der Waals surface area contributed by atoms with Gasteiger partial charge in [-0.05, 0) is 55.5 Å². The van der Waals surface area contributed by atoms with E-state index in [1.54, 1.807) is 11.8 Å². The predicted molar refractivity (Wildman–Crippen MR) is 102 cm³/mol. The summed E-state index contributed by atoms with van der Waals surface area (Å²) in [5, 5.41) is 3.01. The van der Waals surface area contributed by atoms with Gasteiger partial charge in [0, 0.05) is 18.0 Å². The first-order chi connectivity index (χ1) is 11.6. The van der Waals surface area contributed by atoms with Crippen LogP contribution in [0.2, 0.25) is 0 Å². The summed E-state index contributed by atoms with van der Waals surface area (Å²) in [5.41, 5.74) is 3.79. The fourth-order valence-electron chi connectivity index (χ4n) is 2.63. The molecule has 4 heteroatoms. The molecule has 0 atom stereocenters. The number of amides is 1. The minimum atomic E-state index is 0.0758. The maximum atomic E-state index is 12.1. The number of rotatable bonds is 8. The maximum Gasteiger partial charge on any atom is 0.234 e. The molecule has 0 saturated heterocycles. The van der Waals surface area contributed by atoms with Crippen molar-refractivity contribution < 1.29 is 4.79 Å². The molecule has 0 aliphatic heterocycles. The number of benzene rings is 2. The summed E-state index contributed by atoms with van der Waals surface area (Å²) in [6.07, 6.45) is 2.95. The first-order valence-corrected chi connectivity index (χ1v) is 9.43. The van der Waals surface area contributed by atoms with Crippen LogP contribution in [0.15, 0.2) is 53.4 Å². The molecule has 0 saturated carbocycles. The van der Waals surface area contributed by atoms with Crippen molar-refractivity contribution >= 4 is 17.7 Å². The van der Waals surface area contributed by atoms with Crippen molar-refractivity contribution in [1.82, 2.24) is 10.2 Å². The fourth-order valence-corrected chi connectivity index (χ4v) is 3.03. The van der Waals surface area contributed by atoms with Crippen LogP contribution < -0.4 is 5.32 Å². The van der Waals surface area contributed by atoms with E-state index in [1.807, 2.05) is 24.1 Å². The molecule has 1 N–H and O–H groups in total. The van der Waals surface area contributed by atoms with Crippen molar-refractivity contribution in [2.24, 2.45) is 0 Å². The van der Waals surface area contributed by atoms with Crippen molar-refractivity contribution in [2.45, 2.75) is 24.8 Å². The minimum absolute atomic E-state index is 0.0758. The molecule has 24 heavy (non-hydrogen) atoms. The molecule has 2 aromatic rings. The number of carbonyl (C=O) groups is 1. The van der Waals surface area contributed by atoms with Gasteiger partial charge in [-0.15, -0.1) is 11.8 Å². The van der Waals surface area contributed by atoms with Gasteiger partial charge in [0.25, 0.3) is 0 Å². The molecule has 0 fully saturated rings. The number of nitrogens with zero attached hydrogens (tertiary/aromatic N) is 1. The quantitative estimate of drug-likeness (QED) is 0.745. The smallest absolute Gasteiger partial charge is 0.234 e. The molecule has 0 aromatic heterocycles. The first kappa shape index (κ1) is 18.6. The van der Waals surface area contributed by atoms with Gasteiger partial charge >= 0.3 is 0 Å². The molecule has 3 nitrogen and oxygen atoms in total. The highest BCUT2D eigenvalue weighted by Gasteiger charge is 2.07. The Morgan fingerprint density at radius 2 is 1.83 bits per heavy atom. The maximum absolute atomic E-state index is 12.1. The van der Waals surface area contributed by atoms with Crippen LogP contribution in [0, 0.1) is 6.92 Å². The van der Waals surface area contributed by atoms with Gasteiger partial charge in [0.05, 0.1) is 6.54 Å². The normalized spacial score (nSPS) is 10.8. The minimum Gasteiger partial charge on any atom is -0.355 e. The standard InChI is InChI=1S/C20H26N2OS/c1-16-6-4-5-7-18(16)12-13-21-20(23)15-22(2)14-17-8-10-19(24-3)11-9-17/h4-11H,12-15H2,1-3H3,(H,21,23). The highest BCUT2D eigenvalue weighted by atomic mass is 32.2. The average Bonchev–Trinajstić information content (AvgIpc) is 2.57. The second-order valence-corrected chi connectivity index (χ2v) is 6.93. The monoisotopic (exact) mass is 342 g/mol. The van der Waals surface area contributed by atoms with Crippen LogP contribution in [-0.4, -0.2) is 37.2 Å². The molecular formula is C20H26N2OS. The van der Waals surface area contributed by atoms with Gasteiger partial charge in [-0.25, -0.2) is 0 Å². The summed E-state index contributed by atoms with van der Waals surface area (Å²) in [4.78, 5) is 15.4. The van der Waals surface area contributed by atoms with Gasteiger partial charge in [0.15, 0.2) is 0 Å². The van der Waals surface area contributed by atoms with Crippen molar-refractivity contribution in [2.75, 3.05) is 26.4 Å². The third-order valence-electron chi connectivity index (χ3n) is 4.00. The van der Waals surface area contributed by atoms with Gasteiger partial charge in [0.2, 0.25) is 5.91 Å². The van der Waals surface area contributed by atoms with Gasteiger partial charge in [0.1, 0.15) is 0 Å². The number of hydrogen-bond acceptors (Lipinski definition) is 3. The molecule has 0 heterocycles. The number of aryl methyl sites for hydroxylation is 1. The SMILES string of the molecule is CSc1ccc(CN(C)CC(=O)NCCc2ccccc2C)cc1. The van der Waals surface area contributed by atoms with E-state index in [9.17, 15) is 4.79 Å². The third kappa shape index (κ3) is 6.02. The third-order valence-corrected chi connectivity index (χ3v) is 4.75. The van der Waals surface area contributed by atoms with Crippen molar-refractivity contribution in [3.8, 4) is 0 Å². The molecular weight excluding hydrogens is 316 g/mol. The molecule has 0 aliphatic carbocycles. The highest BCUT2D eigenvalue weighted by molar-refractivity contribution is 7.98. The lowest BCUT2D eigenvalue weighted by Gasteiger charge is -2.16. The Kier molecular flexibility index (Phi) is 7.35. The predicted octanol–water partition coefficient (Wildman–Crippen LogP) is 3.51. The Balaban J connectivity index is 1.72. The van der Waals surface area contributed by atoms with E-state index in [1.165, 1.54) is 21.6 Å². The van der Waals surface area contributed by atoms with E-state index < -0.39 is 0 Å². The molecule has 0 spiro atoms. The van der Waals surface area contributed by atoms with Crippen LogP contribution in [0.4, 0.5) is 0 Å². The molecule has 2 rings (SSSR count). The summed E-state index contributed by atoms with van der Waals surface area (Å²) in [5.74, 6) is 0.0758. The lowest BCUT2D eigenvalue weighted by molar-refractivity contribution is -0.122. The Bertz CT molecular complexity index is 655. The topological polar surface area (TPSA) is 32.3 Å². The van der Waals surface area contributed by atoms with E-state index in [0.29, 0.717) is 13.1 Å². The van der Waals surface area contributed by atoms with Crippen molar-refractivity contribution in [3.63, 3.8) is 0 Å². The van der Waals surface area contributed by atoms with Crippen molar-refractivity contribution in [3.05, 3.63) is 65.2 Å². The molecule has 128 valence electrons. The Labute approximate surface area is 149 Å². The number of likely N-dealkylation sites (N-methyl/N-ethyl adjacent to an activating group) is 1. The fraction of sp³-hybridized carbons (Fsp3) is 0.350. The van der Waals surface area contributed by atoms with Crippen LogP contribution in [-0.2, 0) is 17.8 Å². The number of thioether (sulfide) groups is 1. The molecule has 1 amide bonds. The molecule has 2 aromatic carbocycles. The van der Waals surface area contributed by atoms with E-state index in [0.717, 1.165) is 13.0 Å².